The van der Waals surface area contributed by atoms with E-state index in [-0.39, 0.29) is 18.0 Å². The number of piperazine rings is 1. The Labute approximate surface area is 139 Å². The van der Waals surface area contributed by atoms with Crippen LogP contribution >= 0.6 is 0 Å². The van der Waals surface area contributed by atoms with Crippen molar-refractivity contribution in [2.45, 2.75) is 6.42 Å². The Morgan fingerprint density at radius 1 is 1.08 bits per heavy atom. The van der Waals surface area contributed by atoms with Crippen LogP contribution in [0.15, 0.2) is 48.7 Å². The topological polar surface area (TPSA) is 80.8 Å². The number of amides is 1. The predicted octanol–water partition coefficient (Wildman–Crippen LogP) is 1.30. The van der Waals surface area contributed by atoms with Crippen molar-refractivity contribution in [3.05, 3.63) is 64.3 Å². The largest absolute Gasteiger partial charge is 0.335 e. The highest BCUT2D eigenvalue weighted by Crippen LogP contribution is 2.19. The summed E-state index contributed by atoms with van der Waals surface area (Å²) in [6.45, 7) is 2.71. The van der Waals surface area contributed by atoms with E-state index in [4.69, 9.17) is 0 Å². The van der Waals surface area contributed by atoms with E-state index in [0.29, 0.717) is 18.7 Å². The van der Waals surface area contributed by atoms with E-state index in [1.165, 1.54) is 6.07 Å². The molecule has 24 heavy (non-hydrogen) atoms. The van der Waals surface area contributed by atoms with Crippen LogP contribution in [0.25, 0.3) is 0 Å². The fraction of sp³-hybridized carbons (Fsp3) is 0.294. The number of carbonyl (C=O) groups excluding carboxylic acids is 1. The Morgan fingerprint density at radius 2 is 1.79 bits per heavy atom. The Kier molecular flexibility index (Phi) is 4.69. The highest BCUT2D eigenvalue weighted by atomic mass is 16.6. The summed E-state index contributed by atoms with van der Waals surface area (Å²) in [4.78, 5) is 30.2. The average Bonchev–Trinajstić information content (AvgIpc) is 2.63. The molecule has 1 N–H and O–H groups in total. The molecule has 7 heteroatoms. The number of anilines is 1. The van der Waals surface area contributed by atoms with Gasteiger partial charge in [0.2, 0.25) is 5.91 Å². The van der Waals surface area contributed by atoms with Gasteiger partial charge < -0.3 is 4.90 Å². The molecule has 0 unspecified atom stereocenters. The SMILES string of the molecule is O=C(Cc1ccccc1[N+](=O)[O-])N1CCN(c2cccc[nH+]2)CC1. The quantitative estimate of drug-likeness (QED) is 0.626. The van der Waals surface area contributed by atoms with E-state index in [1.54, 1.807) is 23.1 Å². The molecule has 0 atom stereocenters. The standard InChI is InChI=1S/C17H18N4O3/c22-17(13-14-5-1-2-6-15(14)21(23)24)20-11-9-19(10-12-20)16-7-3-4-8-18-16/h1-8H,9-13H2/p+1. The predicted molar refractivity (Wildman–Crippen MR) is 88.6 cm³/mol. The first kappa shape index (κ1) is 15.9. The molecule has 2 aromatic rings. The van der Waals surface area contributed by atoms with Gasteiger partial charge in [0.1, 0.15) is 13.1 Å². The second-order valence-corrected chi connectivity index (χ2v) is 5.68. The number of para-hydroxylation sites is 1. The lowest BCUT2D eigenvalue weighted by Gasteiger charge is -2.31. The lowest BCUT2D eigenvalue weighted by molar-refractivity contribution is -0.385. The summed E-state index contributed by atoms with van der Waals surface area (Å²) in [5.74, 6) is 0.962. The summed E-state index contributed by atoms with van der Waals surface area (Å²) in [5, 5.41) is 11.0. The molecule has 2 heterocycles. The van der Waals surface area contributed by atoms with Crippen LogP contribution in [0.2, 0.25) is 0 Å². The molecule has 0 aliphatic carbocycles. The van der Waals surface area contributed by atoms with Crippen LogP contribution in [0, 0.1) is 10.1 Å². The number of nitro groups is 1. The van der Waals surface area contributed by atoms with Gasteiger partial charge >= 0.3 is 0 Å². The number of nitrogens with one attached hydrogen (secondary N) is 1. The van der Waals surface area contributed by atoms with Gasteiger partial charge in [0.15, 0.2) is 0 Å². The summed E-state index contributed by atoms with van der Waals surface area (Å²) in [6, 6.07) is 12.3. The fourth-order valence-corrected chi connectivity index (χ4v) is 2.89. The number of nitrogens with zero attached hydrogens (tertiary/aromatic N) is 3. The molecule has 3 rings (SSSR count). The maximum absolute atomic E-state index is 12.5. The normalized spacial score (nSPS) is 14.5. The zero-order valence-electron chi connectivity index (χ0n) is 13.2. The molecule has 7 nitrogen and oxygen atoms in total. The second kappa shape index (κ2) is 7.08. The van der Waals surface area contributed by atoms with Crippen LogP contribution in [0.5, 0.6) is 0 Å². The van der Waals surface area contributed by atoms with Gasteiger partial charge in [0.25, 0.3) is 11.5 Å². The minimum atomic E-state index is -0.439. The molecule has 0 bridgehead atoms. The van der Waals surface area contributed by atoms with Crippen LogP contribution in [0.1, 0.15) is 5.56 Å². The minimum Gasteiger partial charge on any atom is -0.335 e. The third-order valence-electron chi connectivity index (χ3n) is 4.20. The molecule has 124 valence electrons. The van der Waals surface area contributed by atoms with E-state index >= 15 is 0 Å². The summed E-state index contributed by atoms with van der Waals surface area (Å²) in [7, 11) is 0. The van der Waals surface area contributed by atoms with E-state index in [1.807, 2.05) is 24.4 Å². The van der Waals surface area contributed by atoms with Crippen LogP contribution < -0.4 is 9.88 Å². The number of hydrogen-bond donors (Lipinski definition) is 0. The molecule has 1 aliphatic rings. The smallest absolute Gasteiger partial charge is 0.274 e. The van der Waals surface area contributed by atoms with E-state index in [0.717, 1.165) is 18.9 Å². The maximum atomic E-state index is 12.5. The Balaban J connectivity index is 1.61. The van der Waals surface area contributed by atoms with E-state index in [2.05, 4.69) is 9.88 Å². The number of hydrogen-bond acceptors (Lipinski definition) is 4. The Morgan fingerprint density at radius 3 is 2.46 bits per heavy atom. The number of aromatic nitrogens is 1. The first-order valence-electron chi connectivity index (χ1n) is 7.87. The summed E-state index contributed by atoms with van der Waals surface area (Å²) >= 11 is 0. The number of aromatic amines is 1. The summed E-state index contributed by atoms with van der Waals surface area (Å²) in [5.41, 5.74) is 0.467. The van der Waals surface area contributed by atoms with Crippen LogP contribution in [-0.4, -0.2) is 41.9 Å². The number of nitro benzene ring substituents is 1. The average molecular weight is 327 g/mol. The first-order valence-corrected chi connectivity index (χ1v) is 7.87. The van der Waals surface area contributed by atoms with Gasteiger partial charge in [-0.15, -0.1) is 0 Å². The van der Waals surface area contributed by atoms with Crippen molar-refractivity contribution in [1.82, 2.24) is 4.90 Å². The molecule has 0 radical (unpaired) electrons. The van der Waals surface area contributed by atoms with Crippen LogP contribution in [0.4, 0.5) is 11.5 Å². The van der Waals surface area contributed by atoms with Crippen molar-refractivity contribution in [2.75, 3.05) is 31.1 Å². The number of H-pyrrole nitrogens is 1. The monoisotopic (exact) mass is 327 g/mol. The van der Waals surface area contributed by atoms with E-state index < -0.39 is 4.92 Å². The molecule has 1 fully saturated rings. The lowest BCUT2D eigenvalue weighted by Crippen LogP contribution is -2.50. The molecule has 1 aromatic heterocycles. The molecule has 1 aliphatic heterocycles. The van der Waals surface area contributed by atoms with Gasteiger partial charge in [0, 0.05) is 17.7 Å². The van der Waals surface area contributed by atoms with Crippen molar-refractivity contribution in [2.24, 2.45) is 0 Å². The highest BCUT2D eigenvalue weighted by Gasteiger charge is 2.27. The van der Waals surface area contributed by atoms with Crippen molar-refractivity contribution < 1.29 is 14.7 Å². The number of benzene rings is 1. The lowest BCUT2D eigenvalue weighted by atomic mass is 10.1. The van der Waals surface area contributed by atoms with Crippen molar-refractivity contribution in [3.63, 3.8) is 0 Å². The second-order valence-electron chi connectivity index (χ2n) is 5.68. The van der Waals surface area contributed by atoms with Crippen LogP contribution in [-0.2, 0) is 11.2 Å². The molecule has 0 spiro atoms. The third kappa shape index (κ3) is 3.51. The summed E-state index contributed by atoms with van der Waals surface area (Å²) in [6.07, 6.45) is 1.94. The van der Waals surface area contributed by atoms with Gasteiger partial charge in [-0.05, 0) is 6.07 Å². The highest BCUT2D eigenvalue weighted by molar-refractivity contribution is 5.80. The van der Waals surface area contributed by atoms with Crippen molar-refractivity contribution >= 4 is 17.4 Å². The van der Waals surface area contributed by atoms with Crippen molar-refractivity contribution in [1.29, 1.82) is 0 Å². The molecule has 1 amide bonds. The third-order valence-corrected chi connectivity index (χ3v) is 4.20. The van der Waals surface area contributed by atoms with Gasteiger partial charge in [0.05, 0.1) is 30.6 Å². The van der Waals surface area contributed by atoms with E-state index in [9.17, 15) is 14.9 Å². The maximum Gasteiger partial charge on any atom is 0.274 e. The van der Waals surface area contributed by atoms with Gasteiger partial charge in [-0.25, -0.2) is 4.98 Å². The zero-order valence-corrected chi connectivity index (χ0v) is 13.2. The van der Waals surface area contributed by atoms with Gasteiger partial charge in [-0.1, -0.05) is 24.3 Å². The molecule has 0 saturated carbocycles. The number of carbonyl (C=O) groups is 1. The number of pyridine rings is 1. The molecular formula is C17H19N4O3+. The molecule has 1 aromatic carbocycles. The zero-order chi connectivity index (χ0) is 16.9. The Bertz CT molecular complexity index is 728. The molecule has 1 saturated heterocycles. The van der Waals surface area contributed by atoms with Gasteiger partial charge in [-0.2, -0.15) is 0 Å². The van der Waals surface area contributed by atoms with Crippen molar-refractivity contribution in [3.8, 4) is 0 Å². The summed E-state index contributed by atoms with van der Waals surface area (Å²) < 4.78 is 0. The minimum absolute atomic E-state index is 0.00312. The Hall–Kier alpha value is -2.96. The number of rotatable bonds is 4. The molecular weight excluding hydrogens is 308 g/mol. The fourth-order valence-electron chi connectivity index (χ4n) is 2.89. The first-order chi connectivity index (χ1) is 11.6. The van der Waals surface area contributed by atoms with Gasteiger partial charge in [-0.3, -0.25) is 19.8 Å². The van der Waals surface area contributed by atoms with Crippen LogP contribution in [0.3, 0.4) is 0 Å².